The molecule has 3 aromatic rings. The van der Waals surface area contributed by atoms with E-state index in [1.165, 1.54) is 19.3 Å². The van der Waals surface area contributed by atoms with E-state index in [-0.39, 0.29) is 0 Å². The van der Waals surface area contributed by atoms with Gasteiger partial charge >= 0.3 is 0 Å². The molecule has 0 bridgehead atoms. The van der Waals surface area contributed by atoms with Crippen molar-refractivity contribution in [1.82, 2.24) is 9.97 Å². The van der Waals surface area contributed by atoms with Crippen molar-refractivity contribution >= 4 is 22.3 Å². The summed E-state index contributed by atoms with van der Waals surface area (Å²) in [5.41, 5.74) is 3.09. The molecule has 2 N–H and O–H groups in total. The number of benzene rings is 2. The summed E-state index contributed by atoms with van der Waals surface area (Å²) in [6.45, 7) is 2.95. The fourth-order valence-corrected chi connectivity index (χ4v) is 2.76. The lowest BCUT2D eigenvalue weighted by molar-refractivity contribution is 0.305. The van der Waals surface area contributed by atoms with Gasteiger partial charge in [0.15, 0.2) is 5.82 Å². The van der Waals surface area contributed by atoms with E-state index < -0.39 is 0 Å². The Balaban J connectivity index is 1.59. The molecule has 0 aliphatic heterocycles. The summed E-state index contributed by atoms with van der Waals surface area (Å²) in [4.78, 5) is 7.63. The van der Waals surface area contributed by atoms with Crippen LogP contribution in [0.2, 0.25) is 0 Å². The van der Waals surface area contributed by atoms with Crippen molar-refractivity contribution in [3.05, 3.63) is 60.6 Å². The van der Waals surface area contributed by atoms with E-state index in [0.717, 1.165) is 35.5 Å². The number of fused-ring (bicyclic) bond motifs is 1. The van der Waals surface area contributed by atoms with Crippen molar-refractivity contribution in [2.24, 2.45) is 0 Å². The predicted octanol–water partition coefficient (Wildman–Crippen LogP) is 5.50. The summed E-state index contributed by atoms with van der Waals surface area (Å²) >= 11 is 0. The second-order valence-corrected chi connectivity index (χ2v) is 6.35. The molecule has 2 aromatic carbocycles. The molecular weight excluding hydrogens is 336 g/mol. The Morgan fingerprint density at radius 3 is 2.70 bits per heavy atom. The number of ether oxygens (including phenoxy) is 1. The van der Waals surface area contributed by atoms with Crippen LogP contribution >= 0.6 is 0 Å². The summed E-state index contributed by atoms with van der Waals surface area (Å²) in [5.74, 6) is 1.41. The first-order valence-electron chi connectivity index (χ1n) is 9.35. The second-order valence-electron chi connectivity index (χ2n) is 6.35. The molecule has 0 amide bonds. The molecular formula is C22H24N4O. The highest BCUT2D eigenvalue weighted by molar-refractivity contribution is 5.82. The van der Waals surface area contributed by atoms with E-state index in [2.05, 4.69) is 28.3 Å². The zero-order valence-electron chi connectivity index (χ0n) is 15.5. The summed E-state index contributed by atoms with van der Waals surface area (Å²) in [7, 11) is 0. The van der Waals surface area contributed by atoms with E-state index in [0.29, 0.717) is 11.4 Å². The molecule has 0 saturated carbocycles. The molecule has 3 rings (SSSR count). The smallest absolute Gasteiger partial charge is 0.150 e. The van der Waals surface area contributed by atoms with Crippen LogP contribution in [0.4, 0.5) is 5.69 Å². The number of H-pyrrole nitrogens is 1. The van der Waals surface area contributed by atoms with Gasteiger partial charge in [-0.05, 0) is 42.8 Å². The van der Waals surface area contributed by atoms with Gasteiger partial charge < -0.3 is 15.0 Å². The van der Waals surface area contributed by atoms with E-state index in [1.807, 2.05) is 48.5 Å². The number of nitriles is 1. The first kappa shape index (κ1) is 18.5. The Kier molecular flexibility index (Phi) is 6.48. The highest BCUT2D eigenvalue weighted by atomic mass is 16.5. The number of allylic oxidation sites excluding steroid dienone is 1. The minimum Gasteiger partial charge on any atom is -0.494 e. The van der Waals surface area contributed by atoms with E-state index in [4.69, 9.17) is 4.74 Å². The zero-order valence-corrected chi connectivity index (χ0v) is 15.5. The number of imidazole rings is 1. The standard InChI is InChI=1S/C22H24N4O/c1-2-3-4-7-14-27-19-12-10-18(11-13-19)24-16-17(15-23)22-25-20-8-5-6-9-21(20)26-22/h5-6,8-13,16,24H,2-4,7,14H2,1H3,(H,25,26). The Morgan fingerprint density at radius 2 is 1.96 bits per heavy atom. The van der Waals surface area contributed by atoms with Gasteiger partial charge in [0.25, 0.3) is 0 Å². The van der Waals surface area contributed by atoms with Crippen LogP contribution in [0.25, 0.3) is 16.6 Å². The number of unbranched alkanes of at least 4 members (excludes halogenated alkanes) is 3. The molecule has 1 aromatic heterocycles. The molecule has 0 aliphatic rings. The molecule has 27 heavy (non-hydrogen) atoms. The van der Waals surface area contributed by atoms with Gasteiger partial charge in [-0.3, -0.25) is 0 Å². The summed E-state index contributed by atoms with van der Waals surface area (Å²) in [6, 6.07) is 17.6. The molecule has 0 saturated heterocycles. The molecule has 138 valence electrons. The number of aromatic amines is 1. The number of hydrogen-bond donors (Lipinski definition) is 2. The maximum absolute atomic E-state index is 9.45. The van der Waals surface area contributed by atoms with Crippen molar-refractivity contribution < 1.29 is 4.74 Å². The van der Waals surface area contributed by atoms with Crippen molar-refractivity contribution in [2.75, 3.05) is 11.9 Å². The molecule has 0 atom stereocenters. The molecule has 0 spiro atoms. The van der Waals surface area contributed by atoms with Crippen molar-refractivity contribution in [2.45, 2.75) is 32.6 Å². The van der Waals surface area contributed by atoms with Gasteiger partial charge in [0.1, 0.15) is 17.4 Å². The lowest BCUT2D eigenvalue weighted by Crippen LogP contribution is -1.97. The average molecular weight is 360 g/mol. The van der Waals surface area contributed by atoms with Gasteiger partial charge in [-0.25, -0.2) is 4.98 Å². The van der Waals surface area contributed by atoms with E-state index in [9.17, 15) is 5.26 Å². The number of aromatic nitrogens is 2. The minimum absolute atomic E-state index is 0.447. The SMILES string of the molecule is CCCCCCOc1ccc(NC=C(C#N)c2nc3ccccc3[nH]2)cc1. The zero-order chi connectivity index (χ0) is 18.9. The molecule has 0 unspecified atom stereocenters. The van der Waals surface area contributed by atoms with Crippen molar-refractivity contribution in [3.63, 3.8) is 0 Å². The van der Waals surface area contributed by atoms with Crippen LogP contribution < -0.4 is 10.1 Å². The van der Waals surface area contributed by atoms with Gasteiger partial charge in [-0.1, -0.05) is 38.3 Å². The number of rotatable bonds is 9. The normalized spacial score (nSPS) is 11.3. The lowest BCUT2D eigenvalue weighted by atomic mass is 10.2. The van der Waals surface area contributed by atoms with Gasteiger partial charge in [-0.2, -0.15) is 5.26 Å². The number of anilines is 1. The Morgan fingerprint density at radius 1 is 1.15 bits per heavy atom. The van der Waals surface area contributed by atoms with Crippen molar-refractivity contribution in [1.29, 1.82) is 5.26 Å². The maximum Gasteiger partial charge on any atom is 0.150 e. The van der Waals surface area contributed by atoms with Crippen LogP contribution in [0, 0.1) is 11.3 Å². The third-order valence-corrected chi connectivity index (χ3v) is 4.27. The molecule has 1 heterocycles. The quantitative estimate of drug-likeness (QED) is 0.390. The van der Waals surface area contributed by atoms with Crippen LogP contribution in [0.3, 0.4) is 0 Å². The van der Waals surface area contributed by atoms with E-state index in [1.54, 1.807) is 6.20 Å². The van der Waals surface area contributed by atoms with Crippen LogP contribution in [0.15, 0.2) is 54.7 Å². The van der Waals surface area contributed by atoms with Gasteiger partial charge in [0, 0.05) is 11.9 Å². The van der Waals surface area contributed by atoms with Crippen molar-refractivity contribution in [3.8, 4) is 11.8 Å². The predicted molar refractivity (Wildman–Crippen MR) is 109 cm³/mol. The minimum atomic E-state index is 0.447. The third kappa shape index (κ3) is 5.11. The van der Waals surface area contributed by atoms with E-state index >= 15 is 0 Å². The number of nitrogens with one attached hydrogen (secondary N) is 2. The summed E-state index contributed by atoms with van der Waals surface area (Å²) in [5, 5.41) is 12.6. The van der Waals surface area contributed by atoms with Gasteiger partial charge in [-0.15, -0.1) is 0 Å². The molecule has 5 nitrogen and oxygen atoms in total. The third-order valence-electron chi connectivity index (χ3n) is 4.27. The fourth-order valence-electron chi connectivity index (χ4n) is 2.76. The Hall–Kier alpha value is -3.26. The summed E-state index contributed by atoms with van der Waals surface area (Å²) in [6.07, 6.45) is 6.44. The van der Waals surface area contributed by atoms with Crippen LogP contribution in [-0.2, 0) is 0 Å². The molecule has 0 radical (unpaired) electrons. The summed E-state index contributed by atoms with van der Waals surface area (Å²) < 4.78 is 5.75. The van der Waals surface area contributed by atoms with Gasteiger partial charge in [0.2, 0.25) is 0 Å². The Bertz CT molecular complexity index is 902. The number of nitrogens with zero attached hydrogens (tertiary/aromatic N) is 2. The molecule has 0 fully saturated rings. The first-order valence-corrected chi connectivity index (χ1v) is 9.35. The highest BCUT2D eigenvalue weighted by Crippen LogP contribution is 2.19. The molecule has 5 heteroatoms. The van der Waals surface area contributed by atoms with Crippen LogP contribution in [0.5, 0.6) is 5.75 Å². The monoisotopic (exact) mass is 360 g/mol. The number of hydrogen-bond acceptors (Lipinski definition) is 4. The van der Waals surface area contributed by atoms with Crippen LogP contribution in [0.1, 0.15) is 38.4 Å². The second kappa shape index (κ2) is 9.44. The largest absolute Gasteiger partial charge is 0.494 e. The van der Waals surface area contributed by atoms with Gasteiger partial charge in [0.05, 0.1) is 17.6 Å². The van der Waals surface area contributed by atoms with Crippen LogP contribution in [-0.4, -0.2) is 16.6 Å². The first-order chi connectivity index (χ1) is 13.3. The molecule has 0 aliphatic carbocycles. The number of para-hydroxylation sites is 2. The fraction of sp³-hybridized carbons (Fsp3) is 0.273. The highest BCUT2D eigenvalue weighted by Gasteiger charge is 2.07. The topological polar surface area (TPSA) is 73.7 Å². The average Bonchev–Trinajstić information content (AvgIpc) is 3.13. The Labute approximate surface area is 159 Å². The maximum atomic E-state index is 9.45. The lowest BCUT2D eigenvalue weighted by Gasteiger charge is -2.07.